The molecule has 1 atom stereocenters. The number of hydrogen-bond acceptors (Lipinski definition) is 6. The van der Waals surface area contributed by atoms with Gasteiger partial charge in [0.05, 0.1) is 30.7 Å². The summed E-state index contributed by atoms with van der Waals surface area (Å²) in [5.74, 6) is 0.731. The van der Waals surface area contributed by atoms with Crippen LogP contribution in [0, 0.1) is 0 Å². The van der Waals surface area contributed by atoms with Crippen molar-refractivity contribution in [1.82, 2.24) is 9.97 Å². The largest absolute Gasteiger partial charge is 0.394 e. The molecule has 0 saturated carbocycles. The number of ether oxygens (including phenoxy) is 1. The van der Waals surface area contributed by atoms with Gasteiger partial charge in [-0.1, -0.05) is 12.2 Å². The van der Waals surface area contributed by atoms with E-state index in [1.54, 1.807) is 12.4 Å². The molecular weight excluding hydrogens is 264 g/mol. The van der Waals surface area contributed by atoms with Crippen LogP contribution >= 0.6 is 12.2 Å². The van der Waals surface area contributed by atoms with E-state index in [0.717, 1.165) is 5.82 Å². The maximum Gasteiger partial charge on any atom is 0.147 e. The van der Waals surface area contributed by atoms with Crippen molar-refractivity contribution in [3.8, 4) is 0 Å². The number of aliphatic hydroxyl groups excluding tert-OH is 1. The average molecular weight is 282 g/mol. The molecule has 1 fully saturated rings. The molecule has 1 aliphatic rings. The minimum Gasteiger partial charge on any atom is -0.394 e. The number of anilines is 1. The van der Waals surface area contributed by atoms with E-state index in [1.807, 2.05) is 18.7 Å². The maximum atomic E-state index is 9.28. The lowest BCUT2D eigenvalue weighted by Gasteiger charge is -2.42. The fourth-order valence-corrected chi connectivity index (χ4v) is 2.28. The van der Waals surface area contributed by atoms with Crippen LogP contribution in [-0.4, -0.2) is 51.5 Å². The number of hydrogen-bond donors (Lipinski definition) is 2. The summed E-state index contributed by atoms with van der Waals surface area (Å²) in [5.41, 5.74) is 5.66. The van der Waals surface area contributed by atoms with E-state index in [1.165, 1.54) is 0 Å². The number of aliphatic hydroxyl groups is 1. The molecule has 1 aromatic rings. The van der Waals surface area contributed by atoms with Gasteiger partial charge in [0.15, 0.2) is 0 Å². The van der Waals surface area contributed by atoms with Crippen LogP contribution in [0.15, 0.2) is 12.4 Å². The Bertz CT molecular complexity index is 463. The third kappa shape index (κ3) is 3.37. The summed E-state index contributed by atoms with van der Waals surface area (Å²) in [6.07, 6.45) is 2.99. The Kier molecular flexibility index (Phi) is 3.98. The van der Waals surface area contributed by atoms with Gasteiger partial charge in [0.25, 0.3) is 0 Å². The van der Waals surface area contributed by atoms with E-state index in [2.05, 4.69) is 9.97 Å². The highest BCUT2D eigenvalue weighted by Gasteiger charge is 2.33. The van der Waals surface area contributed by atoms with E-state index in [-0.39, 0.29) is 23.3 Å². The smallest absolute Gasteiger partial charge is 0.147 e. The van der Waals surface area contributed by atoms with E-state index in [0.29, 0.717) is 18.8 Å². The molecular formula is C12H18N4O2S. The van der Waals surface area contributed by atoms with Gasteiger partial charge in [-0.3, -0.25) is 0 Å². The van der Waals surface area contributed by atoms with Crippen LogP contribution < -0.4 is 10.6 Å². The van der Waals surface area contributed by atoms with Crippen molar-refractivity contribution in [2.75, 3.05) is 24.6 Å². The second kappa shape index (κ2) is 5.36. The van der Waals surface area contributed by atoms with Crippen LogP contribution in [0.4, 0.5) is 5.82 Å². The summed E-state index contributed by atoms with van der Waals surface area (Å²) in [6, 6.07) is 0. The van der Waals surface area contributed by atoms with Gasteiger partial charge in [-0.2, -0.15) is 0 Å². The van der Waals surface area contributed by atoms with Gasteiger partial charge in [0.2, 0.25) is 0 Å². The monoisotopic (exact) mass is 282 g/mol. The number of thiocarbonyl (C=S) groups is 1. The van der Waals surface area contributed by atoms with Crippen LogP contribution in [0.1, 0.15) is 19.5 Å². The van der Waals surface area contributed by atoms with Crippen molar-refractivity contribution in [3.63, 3.8) is 0 Å². The van der Waals surface area contributed by atoms with Crippen LogP contribution in [0.5, 0.6) is 0 Å². The summed E-state index contributed by atoms with van der Waals surface area (Å²) in [6.45, 7) is 5.22. The summed E-state index contributed by atoms with van der Waals surface area (Å²) in [7, 11) is 0. The Balaban J connectivity index is 2.18. The van der Waals surface area contributed by atoms with Crippen molar-refractivity contribution < 1.29 is 9.84 Å². The van der Waals surface area contributed by atoms with Crippen LogP contribution in [-0.2, 0) is 4.74 Å². The first-order chi connectivity index (χ1) is 8.91. The van der Waals surface area contributed by atoms with Gasteiger partial charge >= 0.3 is 0 Å². The molecule has 0 aromatic carbocycles. The molecule has 104 valence electrons. The zero-order valence-electron chi connectivity index (χ0n) is 11.0. The van der Waals surface area contributed by atoms with Crippen LogP contribution in [0.25, 0.3) is 0 Å². The molecule has 0 radical (unpaired) electrons. The fraction of sp³-hybridized carbons (Fsp3) is 0.583. The minimum absolute atomic E-state index is 0.0155. The molecule has 1 saturated heterocycles. The van der Waals surface area contributed by atoms with E-state index in [4.69, 9.17) is 22.7 Å². The third-order valence-corrected chi connectivity index (χ3v) is 3.11. The number of aromatic nitrogens is 2. The molecule has 7 heteroatoms. The van der Waals surface area contributed by atoms with Gasteiger partial charge < -0.3 is 20.5 Å². The molecule has 0 bridgehead atoms. The van der Waals surface area contributed by atoms with Gasteiger partial charge in [0, 0.05) is 13.1 Å². The Morgan fingerprint density at radius 1 is 1.58 bits per heavy atom. The van der Waals surface area contributed by atoms with Gasteiger partial charge in [0.1, 0.15) is 16.5 Å². The first-order valence-electron chi connectivity index (χ1n) is 6.07. The summed E-state index contributed by atoms with van der Waals surface area (Å²) < 4.78 is 5.76. The number of nitrogens with two attached hydrogens (primary N) is 1. The van der Waals surface area contributed by atoms with Crippen molar-refractivity contribution in [3.05, 3.63) is 18.1 Å². The molecule has 3 N–H and O–H groups in total. The number of nitrogens with zero attached hydrogens (tertiary/aromatic N) is 3. The number of morpholine rings is 1. The van der Waals surface area contributed by atoms with E-state index >= 15 is 0 Å². The Labute approximate surface area is 117 Å². The second-order valence-electron chi connectivity index (χ2n) is 5.19. The molecule has 1 unspecified atom stereocenters. The Hall–Kier alpha value is -1.31. The highest BCUT2D eigenvalue weighted by molar-refractivity contribution is 7.80. The van der Waals surface area contributed by atoms with Crippen molar-refractivity contribution in [2.45, 2.75) is 25.6 Å². The fourth-order valence-electron chi connectivity index (χ4n) is 2.18. The molecule has 0 aliphatic carbocycles. The molecule has 0 spiro atoms. The SMILES string of the molecule is CC1(C)CN(c2cnc(C(N)=S)cn2)CC(CO)O1. The standard InChI is InChI=1S/C12H18N4O2S/c1-12(2)7-16(5-8(6-17)18-12)10-4-14-9(3-15-10)11(13)19/h3-4,8,17H,5-7H2,1-2H3,(H2,13,19). The Morgan fingerprint density at radius 3 is 2.84 bits per heavy atom. The molecule has 1 aliphatic heterocycles. The zero-order chi connectivity index (χ0) is 14.0. The summed E-state index contributed by atoms with van der Waals surface area (Å²) in [4.78, 5) is 10.8. The number of rotatable bonds is 3. The average Bonchev–Trinajstić information content (AvgIpc) is 2.37. The predicted molar refractivity (Wildman–Crippen MR) is 76.2 cm³/mol. The topological polar surface area (TPSA) is 84.5 Å². The normalized spacial score (nSPS) is 22.3. The predicted octanol–water partition coefficient (Wildman–Crippen LogP) is 0.0869. The molecule has 1 aromatic heterocycles. The highest BCUT2D eigenvalue weighted by Crippen LogP contribution is 2.24. The zero-order valence-corrected chi connectivity index (χ0v) is 11.9. The van der Waals surface area contributed by atoms with E-state index < -0.39 is 0 Å². The second-order valence-corrected chi connectivity index (χ2v) is 5.63. The highest BCUT2D eigenvalue weighted by atomic mass is 32.1. The quantitative estimate of drug-likeness (QED) is 0.760. The molecule has 19 heavy (non-hydrogen) atoms. The van der Waals surface area contributed by atoms with Gasteiger partial charge in [-0.15, -0.1) is 0 Å². The van der Waals surface area contributed by atoms with E-state index in [9.17, 15) is 5.11 Å². The lowest BCUT2D eigenvalue weighted by molar-refractivity contribution is -0.101. The van der Waals surface area contributed by atoms with Crippen molar-refractivity contribution in [2.24, 2.45) is 5.73 Å². The maximum absolute atomic E-state index is 9.28. The molecule has 0 amide bonds. The molecule has 2 rings (SSSR count). The molecule has 6 nitrogen and oxygen atoms in total. The van der Waals surface area contributed by atoms with Crippen LogP contribution in [0.2, 0.25) is 0 Å². The lowest BCUT2D eigenvalue weighted by Crippen LogP contribution is -2.54. The third-order valence-electron chi connectivity index (χ3n) is 2.90. The lowest BCUT2D eigenvalue weighted by atomic mass is 10.1. The Morgan fingerprint density at radius 2 is 2.32 bits per heavy atom. The summed E-state index contributed by atoms with van der Waals surface area (Å²) in [5, 5.41) is 9.28. The minimum atomic E-state index is -0.338. The van der Waals surface area contributed by atoms with Crippen LogP contribution in [0.3, 0.4) is 0 Å². The first-order valence-corrected chi connectivity index (χ1v) is 6.47. The van der Waals surface area contributed by atoms with Crippen molar-refractivity contribution >= 4 is 23.0 Å². The first kappa shape index (κ1) is 14.1. The molecule has 2 heterocycles. The van der Waals surface area contributed by atoms with Gasteiger partial charge in [-0.05, 0) is 13.8 Å². The van der Waals surface area contributed by atoms with Gasteiger partial charge in [-0.25, -0.2) is 9.97 Å². The van der Waals surface area contributed by atoms with Crippen molar-refractivity contribution in [1.29, 1.82) is 0 Å². The summed E-state index contributed by atoms with van der Waals surface area (Å²) >= 11 is 4.84.